The van der Waals surface area contributed by atoms with Crippen LogP contribution in [0.15, 0.2) is 47.8 Å². The maximum Gasteiger partial charge on any atom is 0.257 e. The number of nitrogens with zero attached hydrogens (tertiary/aromatic N) is 3. The molecule has 0 unspecified atom stereocenters. The van der Waals surface area contributed by atoms with Gasteiger partial charge in [0.1, 0.15) is 17.3 Å². The van der Waals surface area contributed by atoms with E-state index in [1.807, 2.05) is 10.3 Å². The van der Waals surface area contributed by atoms with Crippen LogP contribution in [0, 0.1) is 5.82 Å². The van der Waals surface area contributed by atoms with Crippen LogP contribution in [0.5, 0.6) is 11.5 Å². The summed E-state index contributed by atoms with van der Waals surface area (Å²) in [5.74, 6) is 0.836. The Balaban J connectivity index is 1.42. The summed E-state index contributed by atoms with van der Waals surface area (Å²) in [4.78, 5) is 21.7. The van der Waals surface area contributed by atoms with Crippen molar-refractivity contribution in [1.29, 1.82) is 0 Å². The van der Waals surface area contributed by atoms with Gasteiger partial charge in [-0.15, -0.1) is 11.3 Å². The molecule has 1 aliphatic heterocycles. The molecule has 0 aliphatic carbocycles. The molecule has 0 bridgehead atoms. The average molecular weight is 428 g/mol. The van der Waals surface area contributed by atoms with Crippen molar-refractivity contribution < 1.29 is 18.7 Å². The van der Waals surface area contributed by atoms with Crippen LogP contribution >= 0.6 is 11.3 Å². The van der Waals surface area contributed by atoms with E-state index in [2.05, 4.69) is 4.90 Å². The number of aromatic nitrogens is 1. The molecule has 6 nitrogen and oxygen atoms in total. The first-order chi connectivity index (χ1) is 14.6. The van der Waals surface area contributed by atoms with Crippen molar-refractivity contribution in [1.82, 2.24) is 9.88 Å². The lowest BCUT2D eigenvalue weighted by Gasteiger charge is -2.34. The highest BCUT2D eigenvalue weighted by Crippen LogP contribution is 2.29. The molecule has 0 atom stereocenters. The van der Waals surface area contributed by atoms with Crippen LogP contribution in [0.25, 0.3) is 11.3 Å². The summed E-state index contributed by atoms with van der Waals surface area (Å²) in [6.45, 7) is 2.58. The third kappa shape index (κ3) is 4.09. The molecule has 0 saturated carbocycles. The summed E-state index contributed by atoms with van der Waals surface area (Å²) in [6, 6.07) is 11.6. The van der Waals surface area contributed by atoms with Crippen LogP contribution in [0.2, 0.25) is 0 Å². The first kappa shape index (κ1) is 20.2. The van der Waals surface area contributed by atoms with Gasteiger partial charge in [-0.25, -0.2) is 9.37 Å². The lowest BCUT2D eigenvalue weighted by Crippen LogP contribution is -2.48. The van der Waals surface area contributed by atoms with Gasteiger partial charge >= 0.3 is 0 Å². The Labute approximate surface area is 178 Å². The Morgan fingerprint density at radius 2 is 1.77 bits per heavy atom. The van der Waals surface area contributed by atoms with Crippen molar-refractivity contribution in [3.05, 3.63) is 59.2 Å². The number of halogens is 1. The van der Waals surface area contributed by atoms with Crippen LogP contribution in [0.1, 0.15) is 10.4 Å². The Morgan fingerprint density at radius 1 is 1.03 bits per heavy atom. The molecule has 30 heavy (non-hydrogen) atoms. The molecular formula is C22H22FN3O3S. The summed E-state index contributed by atoms with van der Waals surface area (Å²) in [5, 5.41) is 2.88. The van der Waals surface area contributed by atoms with Gasteiger partial charge in [0.15, 0.2) is 5.13 Å². The normalized spacial score (nSPS) is 14.0. The third-order valence-electron chi connectivity index (χ3n) is 5.11. The molecule has 156 valence electrons. The largest absolute Gasteiger partial charge is 0.497 e. The Hall–Kier alpha value is -3.13. The maximum atomic E-state index is 13.1. The van der Waals surface area contributed by atoms with E-state index in [0.29, 0.717) is 43.2 Å². The number of ether oxygens (including phenoxy) is 2. The van der Waals surface area contributed by atoms with Gasteiger partial charge in [0.2, 0.25) is 0 Å². The number of anilines is 1. The van der Waals surface area contributed by atoms with E-state index in [9.17, 15) is 9.18 Å². The standard InChI is InChI=1S/C22H22FN3O3S/c1-28-17-7-8-18(20(13-17)29-2)21(27)25-9-11-26(12-10-25)22-24-19(14-30-22)15-3-5-16(23)6-4-15/h3-8,13-14H,9-12H2,1-2H3. The molecule has 3 aromatic rings. The van der Waals surface area contributed by atoms with Gasteiger partial charge in [0, 0.05) is 43.2 Å². The third-order valence-corrected chi connectivity index (χ3v) is 6.01. The number of rotatable bonds is 5. The lowest BCUT2D eigenvalue weighted by molar-refractivity contribution is 0.0743. The second-order valence-corrected chi connectivity index (χ2v) is 7.70. The van der Waals surface area contributed by atoms with Crippen molar-refractivity contribution in [2.24, 2.45) is 0 Å². The number of amides is 1. The van der Waals surface area contributed by atoms with E-state index in [4.69, 9.17) is 14.5 Å². The molecular weight excluding hydrogens is 405 g/mol. The highest BCUT2D eigenvalue weighted by molar-refractivity contribution is 7.14. The predicted octanol–water partition coefficient (Wildman–Crippen LogP) is 3.93. The summed E-state index contributed by atoms with van der Waals surface area (Å²) in [6.07, 6.45) is 0. The zero-order valence-electron chi connectivity index (χ0n) is 16.8. The fraction of sp³-hybridized carbons (Fsp3) is 0.273. The molecule has 1 fully saturated rings. The van der Waals surface area contributed by atoms with Crippen molar-refractivity contribution in [3.8, 4) is 22.8 Å². The van der Waals surface area contributed by atoms with Crippen molar-refractivity contribution in [3.63, 3.8) is 0 Å². The van der Waals surface area contributed by atoms with E-state index >= 15 is 0 Å². The van der Waals surface area contributed by atoms with Crippen molar-refractivity contribution in [2.75, 3.05) is 45.3 Å². The lowest BCUT2D eigenvalue weighted by atomic mass is 10.1. The summed E-state index contributed by atoms with van der Waals surface area (Å²) < 4.78 is 23.7. The fourth-order valence-corrected chi connectivity index (χ4v) is 4.30. The van der Waals surface area contributed by atoms with E-state index in [1.54, 1.807) is 55.9 Å². The minimum atomic E-state index is -0.261. The summed E-state index contributed by atoms with van der Waals surface area (Å²) >= 11 is 1.55. The molecule has 1 aromatic heterocycles. The molecule has 2 aromatic carbocycles. The number of thiazole rings is 1. The van der Waals surface area contributed by atoms with Gasteiger partial charge in [-0.1, -0.05) is 0 Å². The molecule has 2 heterocycles. The first-order valence-electron chi connectivity index (χ1n) is 9.57. The van der Waals surface area contributed by atoms with Gasteiger partial charge in [-0.05, 0) is 36.4 Å². The van der Waals surface area contributed by atoms with Gasteiger partial charge in [0.05, 0.1) is 25.5 Å². The Morgan fingerprint density at radius 3 is 2.43 bits per heavy atom. The van der Waals surface area contributed by atoms with Gasteiger partial charge in [0.25, 0.3) is 5.91 Å². The number of piperazine rings is 1. The molecule has 1 aliphatic rings. The quantitative estimate of drug-likeness (QED) is 0.618. The van der Waals surface area contributed by atoms with Gasteiger partial charge < -0.3 is 19.3 Å². The monoisotopic (exact) mass is 427 g/mol. The predicted molar refractivity (Wildman–Crippen MR) is 115 cm³/mol. The number of methoxy groups -OCH3 is 2. The zero-order chi connectivity index (χ0) is 21.1. The second-order valence-electron chi connectivity index (χ2n) is 6.87. The Bertz CT molecular complexity index is 1030. The number of carbonyl (C=O) groups excluding carboxylic acids is 1. The second kappa shape index (κ2) is 8.71. The van der Waals surface area contributed by atoms with Crippen LogP contribution in [0.3, 0.4) is 0 Å². The molecule has 1 saturated heterocycles. The number of carbonyl (C=O) groups is 1. The summed E-state index contributed by atoms with van der Waals surface area (Å²) in [5.41, 5.74) is 2.25. The molecule has 0 N–H and O–H groups in total. The molecule has 0 radical (unpaired) electrons. The first-order valence-corrected chi connectivity index (χ1v) is 10.4. The molecule has 4 rings (SSSR count). The van der Waals surface area contributed by atoms with Crippen LogP contribution < -0.4 is 14.4 Å². The fourth-order valence-electron chi connectivity index (χ4n) is 3.41. The molecule has 8 heteroatoms. The number of hydrogen-bond donors (Lipinski definition) is 0. The van der Waals surface area contributed by atoms with E-state index < -0.39 is 0 Å². The Kier molecular flexibility index (Phi) is 5.85. The van der Waals surface area contributed by atoms with E-state index in [1.165, 1.54) is 12.1 Å². The smallest absolute Gasteiger partial charge is 0.257 e. The van der Waals surface area contributed by atoms with Gasteiger partial charge in [-0.2, -0.15) is 0 Å². The van der Waals surface area contributed by atoms with Gasteiger partial charge in [-0.3, -0.25) is 4.79 Å². The minimum Gasteiger partial charge on any atom is -0.497 e. The van der Waals surface area contributed by atoms with Crippen molar-refractivity contribution >= 4 is 22.4 Å². The number of benzene rings is 2. The molecule has 0 spiro atoms. The zero-order valence-corrected chi connectivity index (χ0v) is 17.6. The van der Waals surface area contributed by atoms with E-state index in [-0.39, 0.29) is 11.7 Å². The summed E-state index contributed by atoms with van der Waals surface area (Å²) in [7, 11) is 3.13. The van der Waals surface area contributed by atoms with Crippen molar-refractivity contribution in [2.45, 2.75) is 0 Å². The average Bonchev–Trinajstić information content (AvgIpc) is 3.29. The topological polar surface area (TPSA) is 54.9 Å². The highest BCUT2D eigenvalue weighted by Gasteiger charge is 2.26. The van der Waals surface area contributed by atoms with Crippen LogP contribution in [-0.2, 0) is 0 Å². The van der Waals surface area contributed by atoms with Crippen LogP contribution in [0.4, 0.5) is 9.52 Å². The maximum absolute atomic E-state index is 13.1. The van der Waals surface area contributed by atoms with Crippen LogP contribution in [-0.4, -0.2) is 56.2 Å². The number of hydrogen-bond acceptors (Lipinski definition) is 6. The van der Waals surface area contributed by atoms with E-state index in [0.717, 1.165) is 16.4 Å². The highest BCUT2D eigenvalue weighted by atomic mass is 32.1. The SMILES string of the molecule is COc1ccc(C(=O)N2CCN(c3nc(-c4ccc(F)cc4)cs3)CC2)c(OC)c1. The molecule has 1 amide bonds. The minimum absolute atomic E-state index is 0.0553.